The molecule has 0 heterocycles. The van der Waals surface area contributed by atoms with E-state index in [1.807, 2.05) is 0 Å². The van der Waals surface area contributed by atoms with E-state index in [2.05, 4.69) is 0 Å². The molecule has 0 saturated carbocycles. The summed E-state index contributed by atoms with van der Waals surface area (Å²) in [7, 11) is 0. The van der Waals surface area contributed by atoms with E-state index >= 15 is 0 Å². The number of phenolic OH excluding ortho intramolecular Hbond substituents is 2. The van der Waals surface area contributed by atoms with Gasteiger partial charge in [0.15, 0.2) is 0 Å². The molecular weight excluding hydrogens is 284 g/mol. The summed E-state index contributed by atoms with van der Waals surface area (Å²) in [5.74, 6) is -0.754. The molecule has 5 heteroatoms. The molecule has 5 nitrogen and oxygen atoms in total. The zero-order chi connectivity index (χ0) is 15.9. The van der Waals surface area contributed by atoms with Crippen LogP contribution in [0.5, 0.6) is 11.5 Å². The molecule has 0 saturated heterocycles. The van der Waals surface area contributed by atoms with Crippen LogP contribution < -0.4 is 0 Å². The van der Waals surface area contributed by atoms with Gasteiger partial charge in [0.25, 0.3) is 0 Å². The van der Waals surface area contributed by atoms with Gasteiger partial charge < -0.3 is 20.4 Å². The van der Waals surface area contributed by atoms with E-state index in [-0.39, 0.29) is 40.4 Å². The molecule has 0 radical (unpaired) electrons. The molecule has 1 aliphatic carbocycles. The molecule has 112 valence electrons. The summed E-state index contributed by atoms with van der Waals surface area (Å²) in [6, 6.07) is 8.93. The Hall–Kier alpha value is -2.79. The molecule has 1 aliphatic rings. The van der Waals surface area contributed by atoms with E-state index in [9.17, 15) is 25.2 Å². The van der Waals surface area contributed by atoms with Crippen LogP contribution >= 0.6 is 0 Å². The Morgan fingerprint density at radius 2 is 1.68 bits per heavy atom. The van der Waals surface area contributed by atoms with Crippen LogP contribution in [0.1, 0.15) is 33.5 Å². The maximum absolute atomic E-state index is 11.3. The fourth-order valence-corrected chi connectivity index (χ4v) is 2.93. The average Bonchev–Trinajstić information content (AvgIpc) is 2.53. The zero-order valence-corrected chi connectivity index (χ0v) is 11.5. The number of aliphatic hydroxyl groups is 2. The molecule has 22 heavy (non-hydrogen) atoms. The number of aromatic hydroxyl groups is 2. The van der Waals surface area contributed by atoms with Gasteiger partial charge in [0.2, 0.25) is 0 Å². The number of hydrogen-bond donors (Lipinski definition) is 4. The number of aliphatic hydroxyl groups excluding tert-OH is 1. The SMILES string of the molecule is O=Cc1ccccc1C1(O)CC=C(O)c2c(O)ccc(O)c21. The van der Waals surface area contributed by atoms with Gasteiger partial charge in [0.1, 0.15) is 29.1 Å². The number of aldehydes is 1. The first-order chi connectivity index (χ1) is 10.5. The minimum Gasteiger partial charge on any atom is -0.508 e. The van der Waals surface area contributed by atoms with Crippen LogP contribution in [0, 0.1) is 0 Å². The number of carbonyl (C=O) groups is 1. The summed E-state index contributed by atoms with van der Waals surface area (Å²) < 4.78 is 0. The lowest BCUT2D eigenvalue weighted by Crippen LogP contribution is -2.31. The lowest BCUT2D eigenvalue weighted by molar-refractivity contribution is 0.0763. The van der Waals surface area contributed by atoms with E-state index in [1.54, 1.807) is 24.3 Å². The standard InChI is InChI=1S/C17H14O5/c18-9-10-3-1-2-4-11(10)17(22)8-7-13(20)15-12(19)5-6-14(21)16(15)17/h1-7,9,19-22H,8H2. The first-order valence-corrected chi connectivity index (χ1v) is 6.71. The first-order valence-electron chi connectivity index (χ1n) is 6.71. The van der Waals surface area contributed by atoms with Crippen LogP contribution in [-0.2, 0) is 5.60 Å². The number of carbonyl (C=O) groups excluding carboxylic acids is 1. The third kappa shape index (κ3) is 1.87. The van der Waals surface area contributed by atoms with Crippen molar-refractivity contribution in [1.82, 2.24) is 0 Å². The predicted molar refractivity (Wildman–Crippen MR) is 79.8 cm³/mol. The average molecular weight is 298 g/mol. The summed E-state index contributed by atoms with van der Waals surface area (Å²) in [4.78, 5) is 11.3. The first kappa shape index (κ1) is 14.2. The molecule has 0 amide bonds. The highest BCUT2D eigenvalue weighted by Crippen LogP contribution is 2.48. The molecule has 0 aromatic heterocycles. The van der Waals surface area contributed by atoms with E-state index in [0.29, 0.717) is 11.8 Å². The van der Waals surface area contributed by atoms with Crippen LogP contribution in [0.15, 0.2) is 42.5 Å². The number of hydrogen-bond acceptors (Lipinski definition) is 5. The van der Waals surface area contributed by atoms with Crippen LogP contribution in [0.4, 0.5) is 0 Å². The monoisotopic (exact) mass is 298 g/mol. The molecular formula is C17H14O5. The number of fused-ring (bicyclic) bond motifs is 1. The molecule has 0 bridgehead atoms. The quantitative estimate of drug-likeness (QED) is 0.504. The largest absolute Gasteiger partial charge is 0.508 e. The van der Waals surface area contributed by atoms with Crippen molar-refractivity contribution in [2.45, 2.75) is 12.0 Å². The molecule has 3 rings (SSSR count). The molecule has 0 aliphatic heterocycles. The van der Waals surface area contributed by atoms with Crippen molar-refractivity contribution < 1.29 is 25.2 Å². The van der Waals surface area contributed by atoms with Gasteiger partial charge in [-0.3, -0.25) is 4.79 Å². The Morgan fingerprint density at radius 3 is 2.41 bits per heavy atom. The normalized spacial score (nSPS) is 20.1. The maximum Gasteiger partial charge on any atom is 0.150 e. The highest BCUT2D eigenvalue weighted by Gasteiger charge is 2.41. The molecule has 1 unspecified atom stereocenters. The highest BCUT2D eigenvalue weighted by atomic mass is 16.3. The van der Waals surface area contributed by atoms with Crippen molar-refractivity contribution in [3.63, 3.8) is 0 Å². The van der Waals surface area contributed by atoms with Crippen molar-refractivity contribution in [3.8, 4) is 11.5 Å². The molecule has 2 aromatic rings. The van der Waals surface area contributed by atoms with Crippen molar-refractivity contribution >= 4 is 12.0 Å². The fraction of sp³-hybridized carbons (Fsp3) is 0.118. The maximum atomic E-state index is 11.3. The summed E-state index contributed by atoms with van der Waals surface area (Å²) in [6.07, 6.45) is 1.93. The van der Waals surface area contributed by atoms with Crippen molar-refractivity contribution in [3.05, 3.63) is 64.7 Å². The van der Waals surface area contributed by atoms with Gasteiger partial charge in [-0.25, -0.2) is 0 Å². The number of rotatable bonds is 2. The van der Waals surface area contributed by atoms with Crippen LogP contribution in [0.25, 0.3) is 5.76 Å². The van der Waals surface area contributed by atoms with Gasteiger partial charge in [-0.15, -0.1) is 0 Å². The van der Waals surface area contributed by atoms with Crippen molar-refractivity contribution in [2.75, 3.05) is 0 Å². The van der Waals surface area contributed by atoms with E-state index in [4.69, 9.17) is 0 Å². The topological polar surface area (TPSA) is 98.0 Å². The Kier molecular flexibility index (Phi) is 3.15. The van der Waals surface area contributed by atoms with Crippen LogP contribution in [0.3, 0.4) is 0 Å². The summed E-state index contributed by atoms with van der Waals surface area (Å²) in [5, 5.41) is 41.3. The second-order valence-corrected chi connectivity index (χ2v) is 5.21. The Labute approximate surface area is 126 Å². The van der Waals surface area contributed by atoms with Gasteiger partial charge in [-0.2, -0.15) is 0 Å². The summed E-state index contributed by atoms with van der Waals surface area (Å²) in [5.41, 5.74) is -1.19. The second-order valence-electron chi connectivity index (χ2n) is 5.21. The summed E-state index contributed by atoms with van der Waals surface area (Å²) in [6.45, 7) is 0. The highest BCUT2D eigenvalue weighted by molar-refractivity contribution is 5.81. The zero-order valence-electron chi connectivity index (χ0n) is 11.5. The van der Waals surface area contributed by atoms with Gasteiger partial charge in [0, 0.05) is 17.5 Å². The number of benzene rings is 2. The lowest BCUT2D eigenvalue weighted by atomic mass is 9.75. The van der Waals surface area contributed by atoms with Gasteiger partial charge in [-0.05, 0) is 23.8 Å². The van der Waals surface area contributed by atoms with Crippen LogP contribution in [-0.4, -0.2) is 26.7 Å². The van der Waals surface area contributed by atoms with E-state index in [0.717, 1.165) is 0 Å². The third-order valence-corrected chi connectivity index (χ3v) is 3.96. The molecule has 4 N–H and O–H groups in total. The molecule has 1 atom stereocenters. The minimum absolute atomic E-state index is 0.0122. The smallest absolute Gasteiger partial charge is 0.150 e. The van der Waals surface area contributed by atoms with Gasteiger partial charge in [-0.1, -0.05) is 24.3 Å². The Morgan fingerprint density at radius 1 is 1.00 bits per heavy atom. The molecule has 0 fully saturated rings. The second kappa shape index (κ2) is 4.89. The summed E-state index contributed by atoms with van der Waals surface area (Å²) >= 11 is 0. The fourth-order valence-electron chi connectivity index (χ4n) is 2.93. The van der Waals surface area contributed by atoms with Crippen molar-refractivity contribution in [1.29, 1.82) is 0 Å². The van der Waals surface area contributed by atoms with Gasteiger partial charge >= 0.3 is 0 Å². The molecule has 0 spiro atoms. The number of phenols is 2. The minimum atomic E-state index is -1.72. The Balaban J connectivity index is 2.36. The van der Waals surface area contributed by atoms with Crippen LogP contribution in [0.2, 0.25) is 0 Å². The predicted octanol–water partition coefficient (Wildman–Crippen LogP) is 2.45. The van der Waals surface area contributed by atoms with Crippen molar-refractivity contribution in [2.24, 2.45) is 0 Å². The van der Waals surface area contributed by atoms with Gasteiger partial charge in [0.05, 0.1) is 5.56 Å². The Bertz CT molecular complexity index is 794. The molecule has 2 aromatic carbocycles. The van der Waals surface area contributed by atoms with E-state index in [1.165, 1.54) is 18.2 Å². The third-order valence-electron chi connectivity index (χ3n) is 3.96. The lowest BCUT2D eigenvalue weighted by Gasteiger charge is -2.34. The van der Waals surface area contributed by atoms with E-state index < -0.39 is 5.60 Å².